The van der Waals surface area contributed by atoms with Crippen LogP contribution in [-0.4, -0.2) is 41.8 Å². The van der Waals surface area contributed by atoms with Crippen molar-refractivity contribution in [1.82, 2.24) is 4.90 Å². The molecule has 0 aliphatic carbocycles. The SMILES string of the molecule is CCOC(=O)[C@H]1CCCN1C(=O)CCl. The van der Waals surface area contributed by atoms with Crippen LogP contribution in [0.15, 0.2) is 0 Å². The van der Waals surface area contributed by atoms with E-state index >= 15 is 0 Å². The predicted octanol–water partition coefficient (Wildman–Crippen LogP) is 0.779. The van der Waals surface area contributed by atoms with Crippen molar-refractivity contribution in [3.8, 4) is 0 Å². The molecule has 0 aromatic carbocycles. The van der Waals surface area contributed by atoms with Crippen LogP contribution in [0.25, 0.3) is 0 Å². The standard InChI is InChI=1S/C9H14ClNO3/c1-2-14-9(13)7-4-3-5-11(7)8(12)6-10/h7H,2-6H2,1H3/t7-/m1/s1. The molecule has 80 valence electrons. The number of carbonyl (C=O) groups is 2. The van der Waals surface area contributed by atoms with Crippen molar-refractivity contribution >= 4 is 23.5 Å². The Bertz CT molecular complexity index is 232. The normalized spacial score (nSPS) is 21.0. The minimum atomic E-state index is -0.416. The fourth-order valence-electron chi connectivity index (χ4n) is 1.63. The molecule has 0 aromatic rings. The van der Waals surface area contributed by atoms with Gasteiger partial charge in [0.05, 0.1) is 6.61 Å². The van der Waals surface area contributed by atoms with Gasteiger partial charge in [-0.05, 0) is 19.8 Å². The van der Waals surface area contributed by atoms with E-state index in [2.05, 4.69) is 0 Å². The second-order valence-corrected chi connectivity index (χ2v) is 3.40. The smallest absolute Gasteiger partial charge is 0.328 e. The van der Waals surface area contributed by atoms with Crippen LogP contribution in [0.1, 0.15) is 19.8 Å². The largest absolute Gasteiger partial charge is 0.464 e. The van der Waals surface area contributed by atoms with Crippen molar-refractivity contribution in [3.05, 3.63) is 0 Å². The van der Waals surface area contributed by atoms with Crippen LogP contribution in [0.5, 0.6) is 0 Å². The molecule has 0 N–H and O–H groups in total. The van der Waals surface area contributed by atoms with Gasteiger partial charge in [0, 0.05) is 6.54 Å². The lowest BCUT2D eigenvalue weighted by molar-refractivity contribution is -0.152. The third-order valence-electron chi connectivity index (χ3n) is 2.25. The Hall–Kier alpha value is -0.770. The van der Waals surface area contributed by atoms with Gasteiger partial charge in [-0.2, -0.15) is 0 Å². The van der Waals surface area contributed by atoms with Crippen LogP contribution >= 0.6 is 11.6 Å². The predicted molar refractivity (Wildman–Crippen MR) is 52.1 cm³/mol. The number of rotatable bonds is 3. The van der Waals surface area contributed by atoms with E-state index in [1.165, 1.54) is 4.90 Å². The summed E-state index contributed by atoms with van der Waals surface area (Å²) in [5, 5.41) is 0. The van der Waals surface area contributed by atoms with Crippen LogP contribution in [-0.2, 0) is 14.3 Å². The summed E-state index contributed by atoms with van der Waals surface area (Å²) >= 11 is 5.44. The van der Waals surface area contributed by atoms with E-state index in [0.29, 0.717) is 19.6 Å². The number of hydrogen-bond acceptors (Lipinski definition) is 3. The molecule has 1 saturated heterocycles. The summed E-state index contributed by atoms with van der Waals surface area (Å²) in [6.45, 7) is 2.70. The molecular weight excluding hydrogens is 206 g/mol. The molecule has 1 atom stereocenters. The second kappa shape index (κ2) is 5.20. The number of halogens is 1. The summed E-state index contributed by atoms with van der Waals surface area (Å²) in [6.07, 6.45) is 1.52. The Labute approximate surface area is 88.2 Å². The number of nitrogens with zero attached hydrogens (tertiary/aromatic N) is 1. The first-order valence-electron chi connectivity index (χ1n) is 4.72. The third-order valence-corrected chi connectivity index (χ3v) is 2.47. The van der Waals surface area contributed by atoms with E-state index in [1.807, 2.05) is 0 Å². The lowest BCUT2D eigenvalue weighted by Crippen LogP contribution is -2.42. The van der Waals surface area contributed by atoms with Gasteiger partial charge in [0.25, 0.3) is 0 Å². The van der Waals surface area contributed by atoms with Gasteiger partial charge in [0.15, 0.2) is 0 Å². The van der Waals surface area contributed by atoms with Crippen molar-refractivity contribution < 1.29 is 14.3 Å². The highest BCUT2D eigenvalue weighted by atomic mass is 35.5. The highest BCUT2D eigenvalue weighted by Crippen LogP contribution is 2.18. The molecule has 0 saturated carbocycles. The Kier molecular flexibility index (Phi) is 4.20. The fraction of sp³-hybridized carbons (Fsp3) is 0.778. The molecule has 1 fully saturated rings. The lowest BCUT2D eigenvalue weighted by atomic mass is 10.2. The number of amides is 1. The first-order chi connectivity index (χ1) is 6.70. The summed E-state index contributed by atoms with van der Waals surface area (Å²) in [4.78, 5) is 24.2. The molecule has 0 bridgehead atoms. The minimum absolute atomic E-state index is 0.0735. The Morgan fingerprint density at radius 3 is 2.86 bits per heavy atom. The average Bonchev–Trinajstić information content (AvgIpc) is 2.65. The number of hydrogen-bond donors (Lipinski definition) is 0. The van der Waals surface area contributed by atoms with Gasteiger partial charge in [-0.25, -0.2) is 4.79 Å². The van der Waals surface area contributed by atoms with Crippen molar-refractivity contribution in [2.24, 2.45) is 0 Å². The number of esters is 1. The van der Waals surface area contributed by atoms with E-state index in [1.54, 1.807) is 6.92 Å². The first-order valence-corrected chi connectivity index (χ1v) is 5.26. The van der Waals surface area contributed by atoms with Gasteiger partial charge in [0.2, 0.25) is 5.91 Å². The minimum Gasteiger partial charge on any atom is -0.464 e. The molecule has 1 rings (SSSR count). The summed E-state index contributed by atoms with van der Waals surface area (Å²) in [5.74, 6) is -0.582. The maximum Gasteiger partial charge on any atom is 0.328 e. The van der Waals surface area contributed by atoms with Crippen LogP contribution < -0.4 is 0 Å². The Balaban J connectivity index is 2.59. The van der Waals surface area contributed by atoms with Gasteiger partial charge in [-0.1, -0.05) is 0 Å². The Morgan fingerprint density at radius 2 is 2.29 bits per heavy atom. The molecule has 1 aliphatic rings. The second-order valence-electron chi connectivity index (χ2n) is 3.13. The molecule has 0 spiro atoms. The average molecular weight is 220 g/mol. The van der Waals surface area contributed by atoms with Gasteiger partial charge in [-0.15, -0.1) is 11.6 Å². The highest BCUT2D eigenvalue weighted by molar-refractivity contribution is 6.27. The van der Waals surface area contributed by atoms with Gasteiger partial charge in [0.1, 0.15) is 11.9 Å². The van der Waals surface area contributed by atoms with Crippen molar-refractivity contribution in [1.29, 1.82) is 0 Å². The van der Waals surface area contributed by atoms with Crippen LogP contribution in [0.2, 0.25) is 0 Å². The van der Waals surface area contributed by atoms with E-state index in [4.69, 9.17) is 16.3 Å². The maximum absolute atomic E-state index is 11.4. The fourth-order valence-corrected chi connectivity index (χ4v) is 1.78. The van der Waals surface area contributed by atoms with Crippen LogP contribution in [0.4, 0.5) is 0 Å². The van der Waals surface area contributed by atoms with Gasteiger partial charge >= 0.3 is 5.97 Å². The number of likely N-dealkylation sites (tertiary alicyclic amines) is 1. The lowest BCUT2D eigenvalue weighted by Gasteiger charge is -2.21. The van der Waals surface area contributed by atoms with Crippen LogP contribution in [0.3, 0.4) is 0 Å². The molecule has 1 heterocycles. The zero-order valence-corrected chi connectivity index (χ0v) is 8.92. The van der Waals surface area contributed by atoms with E-state index in [9.17, 15) is 9.59 Å². The van der Waals surface area contributed by atoms with E-state index < -0.39 is 6.04 Å². The monoisotopic (exact) mass is 219 g/mol. The third kappa shape index (κ3) is 2.38. The number of ether oxygens (including phenoxy) is 1. The molecule has 1 amide bonds. The summed E-state index contributed by atoms with van der Waals surface area (Å²) in [7, 11) is 0. The molecule has 4 nitrogen and oxygen atoms in total. The van der Waals surface area contributed by atoms with E-state index in [0.717, 1.165) is 6.42 Å². The molecule has 14 heavy (non-hydrogen) atoms. The number of carbonyl (C=O) groups excluding carboxylic acids is 2. The molecular formula is C9H14ClNO3. The van der Waals surface area contributed by atoms with Gasteiger partial charge < -0.3 is 9.64 Å². The maximum atomic E-state index is 11.4. The molecule has 1 aliphatic heterocycles. The molecule has 0 unspecified atom stereocenters. The van der Waals surface area contributed by atoms with Crippen molar-refractivity contribution in [3.63, 3.8) is 0 Å². The summed E-state index contributed by atoms with van der Waals surface area (Å²) < 4.78 is 4.87. The van der Waals surface area contributed by atoms with E-state index in [-0.39, 0.29) is 17.8 Å². The number of alkyl halides is 1. The Morgan fingerprint density at radius 1 is 1.57 bits per heavy atom. The first kappa shape index (κ1) is 11.3. The topological polar surface area (TPSA) is 46.6 Å². The summed E-state index contributed by atoms with van der Waals surface area (Å²) in [6, 6.07) is -0.416. The summed E-state index contributed by atoms with van der Waals surface area (Å²) in [5.41, 5.74) is 0. The van der Waals surface area contributed by atoms with Crippen LogP contribution in [0, 0.1) is 0 Å². The molecule has 0 radical (unpaired) electrons. The quantitative estimate of drug-likeness (QED) is 0.521. The molecule has 0 aromatic heterocycles. The van der Waals surface area contributed by atoms with Crippen molar-refractivity contribution in [2.45, 2.75) is 25.8 Å². The molecule has 5 heteroatoms. The highest BCUT2D eigenvalue weighted by Gasteiger charge is 2.34. The van der Waals surface area contributed by atoms with Gasteiger partial charge in [-0.3, -0.25) is 4.79 Å². The zero-order chi connectivity index (χ0) is 10.6. The van der Waals surface area contributed by atoms with Crippen molar-refractivity contribution in [2.75, 3.05) is 19.0 Å². The zero-order valence-electron chi connectivity index (χ0n) is 8.16.